The summed E-state index contributed by atoms with van der Waals surface area (Å²) in [7, 11) is -2.91. The average molecular weight is 754 g/mol. The number of sulfone groups is 1. The van der Waals surface area contributed by atoms with Gasteiger partial charge in [-0.3, -0.25) is 9.59 Å². The van der Waals surface area contributed by atoms with Crippen molar-refractivity contribution in [3.63, 3.8) is 0 Å². The Kier molecular flexibility index (Phi) is 9.98. The molecule has 296 valence electrons. The zero-order valence-electron chi connectivity index (χ0n) is 33.7. The van der Waals surface area contributed by atoms with Gasteiger partial charge in [-0.25, -0.2) is 12.8 Å². The normalized spacial score (nSPS) is 44.7. The minimum absolute atomic E-state index is 0.0516. The number of carbonyl (C=O) groups excluding carboxylic acids is 1. The van der Waals surface area contributed by atoms with E-state index in [9.17, 15) is 27.5 Å². The van der Waals surface area contributed by atoms with Crippen molar-refractivity contribution in [2.24, 2.45) is 62.1 Å². The summed E-state index contributed by atoms with van der Waals surface area (Å²) >= 11 is 0. The van der Waals surface area contributed by atoms with Crippen molar-refractivity contribution >= 4 is 21.6 Å². The molecular formula is C45H68FNO5S. The highest BCUT2D eigenvalue weighted by Crippen LogP contribution is 2.78. The van der Waals surface area contributed by atoms with Crippen LogP contribution in [0, 0.1) is 62.1 Å². The Balaban J connectivity index is 1.13. The fourth-order valence-corrected chi connectivity index (χ4v) is 16.3. The van der Waals surface area contributed by atoms with Crippen LogP contribution >= 0.6 is 0 Å². The lowest BCUT2D eigenvalue weighted by molar-refractivity contribution is -0.226. The number of rotatable bonds is 9. The largest absolute Gasteiger partial charge is 0.481 e. The minimum Gasteiger partial charge on any atom is -0.481 e. The first-order valence-corrected chi connectivity index (χ1v) is 22.9. The number of halogens is 1. The molecule has 0 aromatic carbocycles. The molecule has 6 nitrogen and oxygen atoms in total. The van der Waals surface area contributed by atoms with Crippen molar-refractivity contribution in [3.8, 4) is 0 Å². The number of fused-ring (bicyclic) bond motifs is 7. The van der Waals surface area contributed by atoms with Gasteiger partial charge in [-0.15, -0.1) is 0 Å². The van der Waals surface area contributed by atoms with Crippen LogP contribution in [0.1, 0.15) is 131 Å². The molecule has 0 aromatic rings. The van der Waals surface area contributed by atoms with Gasteiger partial charge in [0.25, 0.3) is 0 Å². The molecule has 0 radical (unpaired) electrons. The van der Waals surface area contributed by atoms with Gasteiger partial charge in [0.15, 0.2) is 9.84 Å². The number of carboxylic acids is 1. The number of carboxylic acid groups (broad SMARTS) is 1. The summed E-state index contributed by atoms with van der Waals surface area (Å²) in [6, 6.07) is 0. The molecule has 8 heteroatoms. The van der Waals surface area contributed by atoms with Gasteiger partial charge in [0.2, 0.25) is 0 Å². The van der Waals surface area contributed by atoms with Gasteiger partial charge in [-0.2, -0.15) is 0 Å². The molecule has 0 amide bonds. The maximum Gasteiger partial charge on any atom is 0.312 e. The molecule has 4 saturated carbocycles. The molecule has 1 heterocycles. The third kappa shape index (κ3) is 5.93. The lowest BCUT2D eigenvalue weighted by Crippen LogP contribution is -2.66. The fraction of sp³-hybridized carbons (Fsp3) is 0.822. The quantitative estimate of drug-likeness (QED) is 0.236. The maximum absolute atomic E-state index is 14.6. The van der Waals surface area contributed by atoms with Crippen LogP contribution in [-0.2, 0) is 19.4 Å². The van der Waals surface area contributed by atoms with Crippen molar-refractivity contribution in [1.82, 2.24) is 4.90 Å². The lowest BCUT2D eigenvalue weighted by Gasteiger charge is -2.72. The number of hydrogen-bond acceptors (Lipinski definition) is 5. The number of allylic oxidation sites excluding steroid dienone is 5. The smallest absolute Gasteiger partial charge is 0.312 e. The molecule has 6 aliphatic carbocycles. The van der Waals surface area contributed by atoms with E-state index in [4.69, 9.17) is 0 Å². The van der Waals surface area contributed by atoms with Crippen molar-refractivity contribution in [3.05, 3.63) is 35.5 Å². The second-order valence-corrected chi connectivity index (χ2v) is 22.9. The van der Waals surface area contributed by atoms with E-state index in [-0.39, 0.29) is 45.0 Å². The molecule has 0 bridgehead atoms. The third-order valence-corrected chi connectivity index (χ3v) is 19.8. The summed E-state index contributed by atoms with van der Waals surface area (Å²) in [4.78, 5) is 28.8. The van der Waals surface area contributed by atoms with Crippen LogP contribution in [0.25, 0.3) is 0 Å². The zero-order chi connectivity index (χ0) is 38.4. The Hall–Kier alpha value is -1.80. The number of hydrogen-bond donors (Lipinski definition) is 1. The molecule has 0 aromatic heterocycles. The predicted octanol–water partition coefficient (Wildman–Crippen LogP) is 9.41. The van der Waals surface area contributed by atoms with E-state index >= 15 is 0 Å². The molecule has 1 N–H and O–H groups in total. The molecule has 10 atom stereocenters. The Labute approximate surface area is 319 Å². The summed E-state index contributed by atoms with van der Waals surface area (Å²) in [5, 5.41) is 9.82. The monoisotopic (exact) mass is 753 g/mol. The second kappa shape index (κ2) is 13.4. The highest BCUT2D eigenvalue weighted by molar-refractivity contribution is 7.91. The van der Waals surface area contributed by atoms with E-state index in [0.29, 0.717) is 67.7 Å². The highest BCUT2D eigenvalue weighted by Gasteiger charge is 2.71. The molecule has 7 aliphatic rings. The van der Waals surface area contributed by atoms with Gasteiger partial charge in [0.1, 0.15) is 12.5 Å². The average Bonchev–Trinajstić information content (AvgIpc) is 3.50. The molecule has 1 saturated heterocycles. The van der Waals surface area contributed by atoms with Crippen LogP contribution in [0.4, 0.5) is 4.39 Å². The van der Waals surface area contributed by atoms with Gasteiger partial charge >= 0.3 is 5.97 Å². The predicted molar refractivity (Wildman–Crippen MR) is 210 cm³/mol. The van der Waals surface area contributed by atoms with Crippen molar-refractivity contribution < 1.29 is 27.5 Å². The molecule has 53 heavy (non-hydrogen) atoms. The summed E-state index contributed by atoms with van der Waals surface area (Å²) in [5.41, 5.74) is 2.74. The first kappa shape index (κ1) is 39.4. The van der Waals surface area contributed by atoms with Gasteiger partial charge < -0.3 is 10.0 Å². The van der Waals surface area contributed by atoms with Crippen LogP contribution in [0.5, 0.6) is 0 Å². The molecule has 0 spiro atoms. The second-order valence-electron chi connectivity index (χ2n) is 20.6. The number of nitrogens with zero attached hydrogens (tertiary/aromatic N) is 1. The van der Waals surface area contributed by atoms with Crippen molar-refractivity contribution in [1.29, 1.82) is 0 Å². The third-order valence-electron chi connectivity index (χ3n) is 18.2. The summed E-state index contributed by atoms with van der Waals surface area (Å²) < 4.78 is 37.9. The van der Waals surface area contributed by atoms with Gasteiger partial charge in [0, 0.05) is 24.9 Å². The van der Waals surface area contributed by atoms with Gasteiger partial charge in [-0.1, -0.05) is 58.9 Å². The first-order valence-electron chi connectivity index (χ1n) is 21.1. The highest BCUT2D eigenvalue weighted by atomic mass is 32.2. The Morgan fingerprint density at radius 2 is 1.62 bits per heavy atom. The van der Waals surface area contributed by atoms with Gasteiger partial charge in [-0.05, 0) is 159 Å². The Morgan fingerprint density at radius 1 is 0.906 bits per heavy atom. The van der Waals surface area contributed by atoms with E-state index in [0.717, 1.165) is 45.1 Å². The lowest BCUT2D eigenvalue weighted by atomic mass is 9.32. The number of aliphatic carboxylic acids is 1. The fourth-order valence-electron chi connectivity index (χ4n) is 15.0. The van der Waals surface area contributed by atoms with Crippen molar-refractivity contribution in [2.45, 2.75) is 131 Å². The summed E-state index contributed by atoms with van der Waals surface area (Å²) in [6.07, 6.45) is 17.1. The summed E-state index contributed by atoms with van der Waals surface area (Å²) in [5.74, 6) is 2.26. The molecular weight excluding hydrogens is 686 g/mol. The zero-order valence-corrected chi connectivity index (χ0v) is 34.5. The first-order chi connectivity index (χ1) is 24.8. The molecule has 0 unspecified atom stereocenters. The van der Waals surface area contributed by atoms with Gasteiger partial charge in [0.05, 0.1) is 16.9 Å². The van der Waals surface area contributed by atoms with Crippen molar-refractivity contribution in [2.75, 3.05) is 37.8 Å². The summed E-state index contributed by atoms with van der Waals surface area (Å²) in [6.45, 7) is 20.6. The van der Waals surface area contributed by atoms with E-state index < -0.39 is 27.9 Å². The number of ketones is 1. The number of carbonyl (C=O) groups is 2. The SMILES string of the molecule is C=C(C)[C@@H]1CC[C@]2(C(=O)CCCN3CCS(=O)(=O)CC3)CC[C@]3(C)[C@H](CC[C@@H]4[C@@]5(C)CC=C(C6=CC[C@@](CF)(C(=O)O)CC6)C(C)(C)[C@@H]5CC[C@]43C)[C@@H]12. The Morgan fingerprint density at radius 3 is 2.25 bits per heavy atom. The van der Waals surface area contributed by atoms with Crippen LogP contribution in [-0.4, -0.2) is 68.0 Å². The van der Waals surface area contributed by atoms with E-state index in [1.54, 1.807) is 0 Å². The number of alkyl halides is 1. The van der Waals surface area contributed by atoms with E-state index in [1.165, 1.54) is 42.4 Å². The maximum atomic E-state index is 14.6. The van der Waals surface area contributed by atoms with Crippen LogP contribution in [0.2, 0.25) is 0 Å². The van der Waals surface area contributed by atoms with Crippen LogP contribution in [0.3, 0.4) is 0 Å². The Bertz CT molecular complexity index is 1680. The van der Waals surface area contributed by atoms with Crippen LogP contribution in [0.15, 0.2) is 35.5 Å². The number of Topliss-reactive ketones (excluding diaryl/α,β-unsaturated/α-hetero) is 1. The van der Waals surface area contributed by atoms with E-state index in [1.807, 2.05) is 0 Å². The van der Waals surface area contributed by atoms with Crippen LogP contribution < -0.4 is 0 Å². The van der Waals surface area contributed by atoms with E-state index in [2.05, 4.69) is 65.2 Å². The minimum atomic E-state index is -2.91. The molecule has 5 fully saturated rings. The molecule has 7 rings (SSSR count). The standard InChI is InChI=1S/C45H68FNO5S/c1-30(2)32-14-21-45(37(48)9-8-24-47-25-27-53(51,52)28-26-47)23-22-42(6)34(38(32)45)10-11-36-41(5)17-15-33(40(3,4)35(41)16-18-43(36,42)7)31-12-19-44(29-46,20-13-31)39(49)50/h12,15,32,34-36,38H,1,8-11,13-14,16-29H2,2-7H3,(H,49,50)/t32-,34+,35-,36+,38+,41-,42+,43+,44+,45+/m0/s1. The molecule has 1 aliphatic heterocycles. The topological polar surface area (TPSA) is 91.8 Å².